The molecular weight excluding hydrogens is 282 g/mol. The fourth-order valence-corrected chi connectivity index (χ4v) is 1.95. The molecule has 92 valence electrons. The minimum Gasteiger partial charge on any atom is -0.399 e. The summed E-state index contributed by atoms with van der Waals surface area (Å²) in [6, 6.07) is 5.30. The second-order valence-corrected chi connectivity index (χ2v) is 5.64. The van der Waals surface area contributed by atoms with E-state index >= 15 is 0 Å². The molecule has 0 unspecified atom stereocenters. The zero-order valence-corrected chi connectivity index (χ0v) is 11.7. The number of hydrogen-bond acceptors (Lipinski definition) is 3. The highest BCUT2D eigenvalue weighted by Gasteiger charge is 2.27. The van der Waals surface area contributed by atoms with Gasteiger partial charge < -0.3 is 5.73 Å². The minimum absolute atomic E-state index is 0.216. The number of benzene rings is 1. The summed E-state index contributed by atoms with van der Waals surface area (Å²) in [4.78, 5) is 0. The van der Waals surface area contributed by atoms with Crippen molar-refractivity contribution in [3.05, 3.63) is 28.2 Å². The van der Waals surface area contributed by atoms with E-state index in [2.05, 4.69) is 21.2 Å². The molecule has 0 atom stereocenters. The van der Waals surface area contributed by atoms with Crippen molar-refractivity contribution in [3.8, 4) is 0 Å². The molecule has 0 aliphatic rings. The average Bonchev–Trinajstić information content (AvgIpc) is 2.14. The predicted octanol–water partition coefficient (Wildman–Crippen LogP) is 2.49. The molecule has 6 heteroatoms. The third kappa shape index (κ3) is 3.26. The Balaban J connectivity index is 3.21. The van der Waals surface area contributed by atoms with Gasteiger partial charge in [0.25, 0.3) is 5.84 Å². The quantitative estimate of drug-likeness (QED) is 0.141. The molecule has 5 nitrogen and oxygen atoms in total. The van der Waals surface area contributed by atoms with Crippen molar-refractivity contribution in [1.29, 1.82) is 5.41 Å². The first-order valence-electron chi connectivity index (χ1n) is 5.12. The van der Waals surface area contributed by atoms with Crippen molar-refractivity contribution in [3.63, 3.8) is 0 Å². The second-order valence-electron chi connectivity index (χ2n) is 4.72. The number of anilines is 1. The number of halogens is 1. The Morgan fingerprint density at radius 1 is 1.35 bits per heavy atom. The van der Waals surface area contributed by atoms with E-state index < -0.39 is 0 Å². The number of nitrogens with zero attached hydrogens (tertiary/aromatic N) is 2. The van der Waals surface area contributed by atoms with Crippen LogP contribution >= 0.6 is 15.9 Å². The number of nitrogens with one attached hydrogen (secondary N) is 1. The molecule has 0 saturated heterocycles. The smallest absolute Gasteiger partial charge is 0.281 e. The zero-order valence-electron chi connectivity index (χ0n) is 10.2. The zero-order chi connectivity index (χ0) is 13.2. The Hall–Kier alpha value is -1.43. The van der Waals surface area contributed by atoms with Crippen LogP contribution in [0.1, 0.15) is 26.3 Å². The minimum atomic E-state index is -0.358. The van der Waals surface area contributed by atoms with Crippen LogP contribution in [0.2, 0.25) is 0 Å². The van der Waals surface area contributed by atoms with Crippen molar-refractivity contribution >= 4 is 27.5 Å². The molecule has 0 bridgehead atoms. The van der Waals surface area contributed by atoms with E-state index in [9.17, 15) is 0 Å². The van der Waals surface area contributed by atoms with Crippen LogP contribution in [0.5, 0.6) is 0 Å². The Labute approximate surface area is 109 Å². The summed E-state index contributed by atoms with van der Waals surface area (Å²) in [6.07, 6.45) is 0. The molecule has 0 radical (unpaired) electrons. The lowest BCUT2D eigenvalue weighted by atomic mass is 10.1. The summed E-state index contributed by atoms with van der Waals surface area (Å²) >= 11 is 3.35. The van der Waals surface area contributed by atoms with Crippen molar-refractivity contribution in [2.75, 3.05) is 5.73 Å². The highest BCUT2D eigenvalue weighted by atomic mass is 79.9. The van der Waals surface area contributed by atoms with E-state index in [-0.39, 0.29) is 11.4 Å². The molecule has 1 aromatic rings. The molecule has 1 aromatic carbocycles. The first-order valence-corrected chi connectivity index (χ1v) is 5.91. The van der Waals surface area contributed by atoms with E-state index in [4.69, 9.17) is 17.0 Å². The number of rotatable bonds is 1. The van der Waals surface area contributed by atoms with Gasteiger partial charge in [0.2, 0.25) is 0 Å². The fraction of sp³-hybridized carbons (Fsp3) is 0.364. The van der Waals surface area contributed by atoms with Crippen LogP contribution < -0.4 is 11.6 Å². The van der Waals surface area contributed by atoms with Gasteiger partial charge in [-0.25, -0.2) is 5.84 Å². The van der Waals surface area contributed by atoms with Crippen molar-refractivity contribution in [1.82, 2.24) is 0 Å². The molecule has 1 rings (SSSR count). The van der Waals surface area contributed by atoms with Crippen LogP contribution in [0.3, 0.4) is 0 Å². The van der Waals surface area contributed by atoms with Gasteiger partial charge in [-0.05, 0) is 39.0 Å². The van der Waals surface area contributed by atoms with Gasteiger partial charge in [-0.3, -0.25) is 0 Å². The van der Waals surface area contributed by atoms with Gasteiger partial charge >= 0.3 is 0 Å². The highest BCUT2D eigenvalue weighted by molar-refractivity contribution is 9.10. The summed E-state index contributed by atoms with van der Waals surface area (Å²) in [7, 11) is 0. The number of hydrogen-bond donors (Lipinski definition) is 3. The van der Waals surface area contributed by atoms with Gasteiger partial charge in [0, 0.05) is 15.4 Å². The summed E-state index contributed by atoms with van der Waals surface area (Å²) in [5, 5.41) is 11.8. The van der Waals surface area contributed by atoms with E-state index in [0.717, 1.165) is 4.47 Å². The Morgan fingerprint density at radius 3 is 2.35 bits per heavy atom. The topological polar surface area (TPSA) is 91.3 Å². The van der Waals surface area contributed by atoms with Gasteiger partial charge in [0.05, 0.1) is 5.56 Å². The molecule has 0 heterocycles. The van der Waals surface area contributed by atoms with E-state index in [1.54, 1.807) is 12.1 Å². The largest absolute Gasteiger partial charge is 0.399 e. The lowest BCUT2D eigenvalue weighted by molar-refractivity contribution is -0.558. The second kappa shape index (κ2) is 4.83. The molecule has 0 aliphatic heterocycles. The van der Waals surface area contributed by atoms with Crippen LogP contribution in [0, 0.1) is 5.41 Å². The van der Waals surface area contributed by atoms with Crippen LogP contribution in [0.15, 0.2) is 27.9 Å². The highest BCUT2D eigenvalue weighted by Crippen LogP contribution is 2.20. The molecule has 0 fully saturated rings. The third-order valence-corrected chi connectivity index (χ3v) is 2.61. The van der Waals surface area contributed by atoms with Gasteiger partial charge in [-0.15, -0.1) is 4.70 Å². The summed E-state index contributed by atoms with van der Waals surface area (Å²) < 4.78 is 2.27. The summed E-state index contributed by atoms with van der Waals surface area (Å²) in [5.41, 5.74) is 6.64. The van der Waals surface area contributed by atoms with Crippen molar-refractivity contribution < 1.29 is 4.70 Å². The van der Waals surface area contributed by atoms with Gasteiger partial charge in [0.15, 0.2) is 0 Å². The first kappa shape index (κ1) is 13.6. The van der Waals surface area contributed by atoms with E-state index in [1.807, 2.05) is 26.8 Å². The lowest BCUT2D eigenvalue weighted by Crippen LogP contribution is -2.37. The molecule has 5 N–H and O–H groups in total. The Morgan fingerprint density at radius 2 is 1.94 bits per heavy atom. The standard InChI is InChI=1S/C11H16BrN5/c1-11(2,3)17(16-15)10(14)7-4-8(12)6-9(13)5-7/h4-6,14-15H,13H2,1-3H3/p+1. The van der Waals surface area contributed by atoms with Crippen LogP contribution in [0.25, 0.3) is 0 Å². The average molecular weight is 299 g/mol. The van der Waals surface area contributed by atoms with Gasteiger partial charge in [0.1, 0.15) is 5.54 Å². The van der Waals surface area contributed by atoms with Crippen molar-refractivity contribution in [2.24, 2.45) is 11.1 Å². The van der Waals surface area contributed by atoms with Crippen molar-refractivity contribution in [2.45, 2.75) is 26.3 Å². The maximum Gasteiger partial charge on any atom is 0.281 e. The molecule has 0 aromatic heterocycles. The molecule has 17 heavy (non-hydrogen) atoms. The molecular formula is C11H17BrN5+. The normalized spacial score (nSPS) is 12.6. The Kier molecular flexibility index (Phi) is 3.87. The molecule has 0 aliphatic carbocycles. The SMILES string of the molecule is CC(C)(C)[N+](=NN)C(=N)c1cc(N)cc(Br)c1. The van der Waals surface area contributed by atoms with Crippen LogP contribution in [0.4, 0.5) is 5.69 Å². The molecule has 0 amide bonds. The summed E-state index contributed by atoms with van der Waals surface area (Å²) in [6.45, 7) is 5.79. The van der Waals surface area contributed by atoms with E-state index in [0.29, 0.717) is 11.3 Å². The third-order valence-electron chi connectivity index (χ3n) is 2.16. The fourth-order valence-electron chi connectivity index (χ4n) is 1.44. The number of nitrogen functional groups attached to an aromatic ring is 1. The van der Waals surface area contributed by atoms with Crippen LogP contribution in [-0.4, -0.2) is 16.1 Å². The maximum atomic E-state index is 8.11. The lowest BCUT2D eigenvalue weighted by Gasteiger charge is -2.19. The molecule has 0 saturated carbocycles. The first-order chi connectivity index (χ1) is 7.75. The monoisotopic (exact) mass is 298 g/mol. The molecule has 0 spiro atoms. The number of amidine groups is 1. The van der Waals surface area contributed by atoms with E-state index in [1.165, 1.54) is 4.70 Å². The van der Waals surface area contributed by atoms with Gasteiger partial charge in [-0.2, -0.15) is 5.41 Å². The van der Waals surface area contributed by atoms with Gasteiger partial charge in [-0.1, -0.05) is 15.9 Å². The Bertz CT molecular complexity index is 453. The van der Waals surface area contributed by atoms with Crippen LogP contribution in [-0.2, 0) is 0 Å². The predicted molar refractivity (Wildman–Crippen MR) is 72.0 cm³/mol. The summed E-state index contributed by atoms with van der Waals surface area (Å²) in [5.74, 6) is 5.56. The number of nitrogens with two attached hydrogens (primary N) is 2. The maximum absolute atomic E-state index is 8.11.